The summed E-state index contributed by atoms with van der Waals surface area (Å²) >= 11 is 0. The Balaban J connectivity index is 2.39. The first-order chi connectivity index (χ1) is 6.70. The van der Waals surface area contributed by atoms with Gasteiger partial charge in [-0.15, -0.1) is 0 Å². The number of para-hydroxylation sites is 1. The van der Waals surface area contributed by atoms with Crippen molar-refractivity contribution in [3.8, 4) is 0 Å². The van der Waals surface area contributed by atoms with Crippen LogP contribution in [0.5, 0.6) is 0 Å². The lowest BCUT2D eigenvalue weighted by Gasteiger charge is -2.13. The van der Waals surface area contributed by atoms with E-state index in [1.165, 1.54) is 0 Å². The fourth-order valence-electron chi connectivity index (χ4n) is 1.31. The van der Waals surface area contributed by atoms with E-state index in [-0.39, 0.29) is 5.70 Å². The van der Waals surface area contributed by atoms with Crippen LogP contribution in [0, 0.1) is 0 Å². The number of amides is 2. The molecule has 1 heterocycles. The molecule has 0 bridgehead atoms. The van der Waals surface area contributed by atoms with Crippen LogP contribution in [-0.4, -0.2) is 11.8 Å². The SMILES string of the molecule is NC1=CC(=O)N(c2ccccc2)C1=O. The Bertz CT molecular complexity index is 423. The van der Waals surface area contributed by atoms with E-state index in [1.807, 2.05) is 6.07 Å². The highest BCUT2D eigenvalue weighted by Gasteiger charge is 2.30. The molecule has 0 saturated carbocycles. The maximum atomic E-state index is 11.4. The number of nitrogens with zero attached hydrogens (tertiary/aromatic N) is 1. The van der Waals surface area contributed by atoms with Gasteiger partial charge in [-0.05, 0) is 12.1 Å². The van der Waals surface area contributed by atoms with Crippen LogP contribution in [0.3, 0.4) is 0 Å². The van der Waals surface area contributed by atoms with Crippen LogP contribution in [0.25, 0.3) is 0 Å². The first-order valence-electron chi connectivity index (χ1n) is 4.11. The van der Waals surface area contributed by atoms with Gasteiger partial charge in [0.15, 0.2) is 0 Å². The minimum Gasteiger partial charge on any atom is -0.394 e. The lowest BCUT2D eigenvalue weighted by Crippen LogP contribution is -2.31. The number of hydrogen-bond acceptors (Lipinski definition) is 3. The molecule has 0 radical (unpaired) electrons. The molecule has 0 unspecified atom stereocenters. The third-order valence-electron chi connectivity index (χ3n) is 1.96. The molecule has 70 valence electrons. The van der Waals surface area contributed by atoms with E-state index in [2.05, 4.69) is 0 Å². The molecular weight excluding hydrogens is 180 g/mol. The zero-order valence-corrected chi connectivity index (χ0v) is 7.31. The zero-order valence-electron chi connectivity index (χ0n) is 7.31. The van der Waals surface area contributed by atoms with Crippen LogP contribution >= 0.6 is 0 Å². The molecule has 0 atom stereocenters. The lowest BCUT2D eigenvalue weighted by atomic mass is 10.3. The first-order valence-corrected chi connectivity index (χ1v) is 4.11. The average molecular weight is 188 g/mol. The molecule has 0 saturated heterocycles. The van der Waals surface area contributed by atoms with Crippen molar-refractivity contribution in [1.29, 1.82) is 0 Å². The molecule has 2 N–H and O–H groups in total. The summed E-state index contributed by atoms with van der Waals surface area (Å²) in [7, 11) is 0. The Hall–Kier alpha value is -2.10. The summed E-state index contributed by atoms with van der Waals surface area (Å²) in [5, 5.41) is 0. The van der Waals surface area contributed by atoms with Crippen molar-refractivity contribution in [2.24, 2.45) is 5.73 Å². The topological polar surface area (TPSA) is 63.4 Å². The number of nitrogens with two attached hydrogens (primary N) is 1. The van der Waals surface area contributed by atoms with Crippen molar-refractivity contribution in [3.63, 3.8) is 0 Å². The fraction of sp³-hybridized carbons (Fsp3) is 0. The van der Waals surface area contributed by atoms with Gasteiger partial charge in [0.25, 0.3) is 11.8 Å². The number of carbonyl (C=O) groups is 2. The molecular formula is C10H8N2O2. The minimum atomic E-state index is -0.457. The second kappa shape index (κ2) is 2.99. The maximum absolute atomic E-state index is 11.4. The van der Waals surface area contributed by atoms with Gasteiger partial charge in [0, 0.05) is 6.08 Å². The van der Waals surface area contributed by atoms with Crippen LogP contribution in [0.15, 0.2) is 42.1 Å². The fourth-order valence-corrected chi connectivity index (χ4v) is 1.31. The maximum Gasteiger partial charge on any atom is 0.281 e. The van der Waals surface area contributed by atoms with Gasteiger partial charge in [-0.1, -0.05) is 18.2 Å². The number of benzene rings is 1. The van der Waals surface area contributed by atoms with Crippen molar-refractivity contribution in [2.45, 2.75) is 0 Å². The predicted octanol–water partition coefficient (Wildman–Crippen LogP) is 0.402. The van der Waals surface area contributed by atoms with Gasteiger partial charge in [-0.3, -0.25) is 9.59 Å². The van der Waals surface area contributed by atoms with Gasteiger partial charge in [-0.25, -0.2) is 4.90 Å². The first kappa shape index (κ1) is 8.50. The van der Waals surface area contributed by atoms with E-state index < -0.39 is 11.8 Å². The molecule has 1 aromatic rings. The largest absolute Gasteiger partial charge is 0.394 e. The Kier molecular flexibility index (Phi) is 1.81. The number of carbonyl (C=O) groups excluding carboxylic acids is 2. The van der Waals surface area contributed by atoms with Crippen molar-refractivity contribution in [3.05, 3.63) is 42.1 Å². The van der Waals surface area contributed by atoms with Crippen molar-refractivity contribution in [2.75, 3.05) is 4.90 Å². The second-order valence-electron chi connectivity index (χ2n) is 2.91. The van der Waals surface area contributed by atoms with Crippen molar-refractivity contribution in [1.82, 2.24) is 0 Å². The second-order valence-corrected chi connectivity index (χ2v) is 2.91. The zero-order chi connectivity index (χ0) is 10.1. The Labute approximate surface area is 80.6 Å². The molecule has 2 amide bonds. The number of hydrogen-bond donors (Lipinski definition) is 1. The Morgan fingerprint density at radius 3 is 2.21 bits per heavy atom. The molecule has 1 aliphatic rings. The summed E-state index contributed by atoms with van der Waals surface area (Å²) in [5.41, 5.74) is 5.87. The van der Waals surface area contributed by atoms with Gasteiger partial charge in [0.1, 0.15) is 5.70 Å². The van der Waals surface area contributed by atoms with E-state index >= 15 is 0 Å². The smallest absolute Gasteiger partial charge is 0.281 e. The summed E-state index contributed by atoms with van der Waals surface area (Å²) in [4.78, 5) is 23.8. The van der Waals surface area contributed by atoms with Crippen molar-refractivity contribution < 1.29 is 9.59 Å². The van der Waals surface area contributed by atoms with E-state index in [1.54, 1.807) is 24.3 Å². The minimum absolute atomic E-state index is 0.0150. The number of anilines is 1. The molecule has 2 rings (SSSR count). The summed E-state index contributed by atoms with van der Waals surface area (Å²) in [6.45, 7) is 0. The summed E-state index contributed by atoms with van der Waals surface area (Å²) < 4.78 is 0. The van der Waals surface area contributed by atoms with Crippen LogP contribution in [0.1, 0.15) is 0 Å². The van der Waals surface area contributed by atoms with Gasteiger partial charge < -0.3 is 5.73 Å². The van der Waals surface area contributed by atoms with Gasteiger partial charge in [0.2, 0.25) is 0 Å². The highest BCUT2D eigenvalue weighted by atomic mass is 16.2. The lowest BCUT2D eigenvalue weighted by molar-refractivity contribution is -0.120. The highest BCUT2D eigenvalue weighted by Crippen LogP contribution is 2.19. The molecule has 14 heavy (non-hydrogen) atoms. The van der Waals surface area contributed by atoms with Crippen LogP contribution in [0.4, 0.5) is 5.69 Å². The standard InChI is InChI=1S/C10H8N2O2/c11-8-6-9(13)12(10(8)14)7-4-2-1-3-5-7/h1-6H,11H2. The molecule has 4 heteroatoms. The molecule has 1 aliphatic heterocycles. The number of rotatable bonds is 1. The predicted molar refractivity (Wildman–Crippen MR) is 51.2 cm³/mol. The quantitative estimate of drug-likeness (QED) is 0.649. The molecule has 0 spiro atoms. The monoisotopic (exact) mass is 188 g/mol. The third-order valence-corrected chi connectivity index (χ3v) is 1.96. The highest BCUT2D eigenvalue weighted by molar-refractivity contribution is 6.30. The molecule has 0 fully saturated rings. The van der Waals surface area contributed by atoms with E-state index in [0.717, 1.165) is 11.0 Å². The van der Waals surface area contributed by atoms with Gasteiger partial charge in [0.05, 0.1) is 5.69 Å². The average Bonchev–Trinajstić information content (AvgIpc) is 2.43. The van der Waals surface area contributed by atoms with E-state index in [0.29, 0.717) is 5.69 Å². The van der Waals surface area contributed by atoms with Gasteiger partial charge in [-0.2, -0.15) is 0 Å². The van der Waals surface area contributed by atoms with Crippen molar-refractivity contribution >= 4 is 17.5 Å². The van der Waals surface area contributed by atoms with Crippen LogP contribution < -0.4 is 10.6 Å². The molecule has 0 aliphatic carbocycles. The third kappa shape index (κ3) is 1.17. The summed E-state index contributed by atoms with van der Waals surface area (Å²) in [6.07, 6.45) is 1.13. The van der Waals surface area contributed by atoms with E-state index in [4.69, 9.17) is 5.73 Å². The Morgan fingerprint density at radius 2 is 1.71 bits per heavy atom. The van der Waals surface area contributed by atoms with Gasteiger partial charge >= 0.3 is 0 Å². The van der Waals surface area contributed by atoms with Crippen LogP contribution in [-0.2, 0) is 9.59 Å². The van der Waals surface area contributed by atoms with Crippen LogP contribution in [0.2, 0.25) is 0 Å². The number of imide groups is 1. The summed E-state index contributed by atoms with van der Waals surface area (Å²) in [5.74, 6) is -0.847. The van der Waals surface area contributed by atoms with E-state index in [9.17, 15) is 9.59 Å². The Morgan fingerprint density at radius 1 is 1.07 bits per heavy atom. The molecule has 1 aromatic carbocycles. The normalized spacial score (nSPS) is 16.0. The summed E-state index contributed by atoms with van der Waals surface area (Å²) in [6, 6.07) is 8.69. The molecule has 4 nitrogen and oxygen atoms in total. The molecule has 0 aromatic heterocycles.